The SMILES string of the molecule is C#CCO/N=C(\C(=O)N[C@@H]1C(=O)N2C(C(=O)OCOC(=O)C(C)(C)C)=C(/C=C\C)CS[C@@H]12)c1csc(N)n1. The second kappa shape index (κ2) is 12.1. The lowest BCUT2D eigenvalue weighted by atomic mass is 9.98. The largest absolute Gasteiger partial charge is 0.427 e. The zero-order valence-corrected chi connectivity index (χ0v) is 22.8. The first-order valence-corrected chi connectivity index (χ1v) is 13.2. The van der Waals surface area contributed by atoms with Gasteiger partial charge in [0.1, 0.15) is 22.8 Å². The first-order chi connectivity index (χ1) is 18.0. The number of nitrogens with one attached hydrogen (secondary N) is 1. The number of terminal acetylenes is 1. The average Bonchev–Trinajstić information content (AvgIpc) is 3.29. The van der Waals surface area contributed by atoms with Crippen LogP contribution in [0, 0.1) is 17.8 Å². The van der Waals surface area contributed by atoms with E-state index in [0.717, 1.165) is 11.3 Å². The molecule has 14 heteroatoms. The zero-order valence-electron chi connectivity index (χ0n) is 21.2. The van der Waals surface area contributed by atoms with Crippen LogP contribution >= 0.6 is 23.1 Å². The van der Waals surface area contributed by atoms with Gasteiger partial charge in [-0.1, -0.05) is 23.2 Å². The standard InChI is InChI=1S/C24H27N5O7S2/c1-6-8-13-10-37-20-16(27-18(30)15(28-36-9-7-2)14-11-38-23(25)26-14)19(31)29(20)17(13)21(32)34-12-35-22(33)24(3,4)5/h2,6,8,11,16,20H,9-10,12H2,1,3-5H3,(H2,25,26)(H,27,30)/b8-6-,28-15-/t16-,20+/m1/s1. The van der Waals surface area contributed by atoms with Gasteiger partial charge >= 0.3 is 11.9 Å². The van der Waals surface area contributed by atoms with Crippen molar-refractivity contribution in [3.63, 3.8) is 0 Å². The number of oxime groups is 1. The highest BCUT2D eigenvalue weighted by atomic mass is 32.2. The predicted molar refractivity (Wildman–Crippen MR) is 141 cm³/mol. The number of anilines is 1. The number of nitrogens with two attached hydrogens (primary N) is 1. The van der Waals surface area contributed by atoms with Crippen LogP contribution in [0.3, 0.4) is 0 Å². The Bertz CT molecular complexity index is 1260. The van der Waals surface area contributed by atoms with Crippen LogP contribution in [0.4, 0.5) is 5.13 Å². The fraction of sp³-hybridized carbons (Fsp3) is 0.417. The Morgan fingerprint density at radius 3 is 2.71 bits per heavy atom. The average molecular weight is 562 g/mol. The summed E-state index contributed by atoms with van der Waals surface area (Å²) in [6, 6.07) is -0.963. The monoisotopic (exact) mass is 561 g/mol. The number of β-lactam (4-membered cyclic amide) rings is 1. The van der Waals surface area contributed by atoms with E-state index in [4.69, 9.17) is 26.5 Å². The van der Waals surface area contributed by atoms with Gasteiger partial charge in [0.15, 0.2) is 17.5 Å². The van der Waals surface area contributed by atoms with Crippen LogP contribution in [0.2, 0.25) is 0 Å². The Kier molecular flexibility index (Phi) is 9.18. The molecular formula is C24H27N5O7S2. The number of hydrogen-bond acceptors (Lipinski definition) is 12. The molecule has 2 amide bonds. The number of fused-ring (bicyclic) bond motifs is 1. The van der Waals surface area contributed by atoms with Gasteiger partial charge in [0.2, 0.25) is 6.79 Å². The van der Waals surface area contributed by atoms with E-state index in [1.165, 1.54) is 22.0 Å². The molecule has 1 saturated heterocycles. The molecule has 1 aromatic heterocycles. The Hall–Kier alpha value is -3.83. The van der Waals surface area contributed by atoms with Gasteiger partial charge < -0.3 is 25.4 Å². The molecule has 202 valence electrons. The Balaban J connectivity index is 1.75. The number of thiazole rings is 1. The number of esters is 2. The summed E-state index contributed by atoms with van der Waals surface area (Å²) in [5, 5.41) is 7.54. The minimum Gasteiger partial charge on any atom is -0.427 e. The molecular weight excluding hydrogens is 534 g/mol. The summed E-state index contributed by atoms with van der Waals surface area (Å²) >= 11 is 2.46. The highest BCUT2D eigenvalue weighted by Gasteiger charge is 2.54. The summed E-state index contributed by atoms with van der Waals surface area (Å²) < 4.78 is 10.2. The Morgan fingerprint density at radius 2 is 2.11 bits per heavy atom. The van der Waals surface area contributed by atoms with E-state index < -0.39 is 47.4 Å². The first-order valence-electron chi connectivity index (χ1n) is 11.3. The highest BCUT2D eigenvalue weighted by Crippen LogP contribution is 2.41. The molecule has 0 saturated carbocycles. The molecule has 0 unspecified atom stereocenters. The predicted octanol–water partition coefficient (Wildman–Crippen LogP) is 1.40. The van der Waals surface area contributed by atoms with Crippen LogP contribution < -0.4 is 11.1 Å². The van der Waals surface area contributed by atoms with E-state index in [9.17, 15) is 19.2 Å². The maximum atomic E-state index is 13.1. The lowest BCUT2D eigenvalue weighted by Gasteiger charge is -2.49. The van der Waals surface area contributed by atoms with Crippen molar-refractivity contribution < 1.29 is 33.5 Å². The summed E-state index contributed by atoms with van der Waals surface area (Å²) in [5.74, 6) is -0.0284. The first kappa shape index (κ1) is 28.7. The van der Waals surface area contributed by atoms with E-state index in [1.807, 2.05) is 0 Å². The van der Waals surface area contributed by atoms with Crippen LogP contribution in [0.25, 0.3) is 0 Å². The van der Waals surface area contributed by atoms with Gasteiger partial charge in [0.05, 0.1) is 5.41 Å². The quantitative estimate of drug-likeness (QED) is 0.0857. The Morgan fingerprint density at radius 1 is 1.37 bits per heavy atom. The van der Waals surface area contributed by atoms with Crippen LogP contribution in [0.5, 0.6) is 0 Å². The fourth-order valence-electron chi connectivity index (χ4n) is 3.33. The summed E-state index contributed by atoms with van der Waals surface area (Å²) in [4.78, 5) is 61.4. The molecule has 1 fully saturated rings. The molecule has 3 heterocycles. The number of rotatable bonds is 9. The van der Waals surface area contributed by atoms with E-state index >= 15 is 0 Å². The number of amides is 2. The van der Waals surface area contributed by atoms with Crippen molar-refractivity contribution >= 4 is 57.7 Å². The number of nitrogen functional groups attached to an aromatic ring is 1. The van der Waals surface area contributed by atoms with Crippen molar-refractivity contribution in [1.29, 1.82) is 0 Å². The summed E-state index contributed by atoms with van der Waals surface area (Å²) in [5.41, 5.74) is 5.44. The van der Waals surface area contributed by atoms with Crippen molar-refractivity contribution in [2.45, 2.75) is 39.1 Å². The number of nitrogens with zero attached hydrogens (tertiary/aromatic N) is 3. The van der Waals surface area contributed by atoms with Crippen LogP contribution in [0.1, 0.15) is 33.4 Å². The normalized spacial score (nSPS) is 19.4. The molecule has 0 bridgehead atoms. The molecule has 1 aromatic rings. The van der Waals surface area contributed by atoms with Crippen molar-refractivity contribution in [2.75, 3.05) is 24.9 Å². The lowest BCUT2D eigenvalue weighted by molar-refractivity contribution is -0.173. The smallest absolute Gasteiger partial charge is 0.358 e. The zero-order chi connectivity index (χ0) is 28.0. The topological polar surface area (TPSA) is 163 Å². The van der Waals surface area contributed by atoms with Crippen molar-refractivity contribution in [3.8, 4) is 12.3 Å². The molecule has 0 aromatic carbocycles. The van der Waals surface area contributed by atoms with Crippen molar-refractivity contribution in [3.05, 3.63) is 34.5 Å². The van der Waals surface area contributed by atoms with Gasteiger partial charge in [0, 0.05) is 11.1 Å². The van der Waals surface area contributed by atoms with E-state index in [-0.39, 0.29) is 28.8 Å². The molecule has 2 atom stereocenters. The van der Waals surface area contributed by atoms with E-state index in [2.05, 4.69) is 21.4 Å². The number of carbonyl (C=O) groups is 4. The molecule has 2 aliphatic heterocycles. The molecule has 3 N–H and O–H groups in total. The number of allylic oxidation sites excluding steroid dienone is 2. The van der Waals surface area contributed by atoms with Gasteiger partial charge in [-0.25, -0.2) is 9.78 Å². The number of aromatic nitrogens is 1. The summed E-state index contributed by atoms with van der Waals surface area (Å²) in [6.45, 7) is 5.99. The van der Waals surface area contributed by atoms with E-state index in [0.29, 0.717) is 11.3 Å². The van der Waals surface area contributed by atoms with Crippen LogP contribution in [-0.4, -0.2) is 69.9 Å². The number of hydrogen-bond donors (Lipinski definition) is 2. The van der Waals surface area contributed by atoms with Gasteiger partial charge in [-0.15, -0.1) is 29.5 Å². The molecule has 38 heavy (non-hydrogen) atoms. The fourth-order valence-corrected chi connectivity index (χ4v) is 5.19. The van der Waals surface area contributed by atoms with Crippen LogP contribution in [-0.2, 0) is 33.5 Å². The number of thioether (sulfide) groups is 1. The van der Waals surface area contributed by atoms with Crippen molar-refractivity contribution in [2.24, 2.45) is 10.6 Å². The third-order valence-corrected chi connectivity index (χ3v) is 7.10. The second-order valence-corrected chi connectivity index (χ2v) is 10.9. The molecule has 0 spiro atoms. The second-order valence-electron chi connectivity index (χ2n) is 8.95. The number of ether oxygens (including phenoxy) is 2. The van der Waals surface area contributed by atoms with Crippen LogP contribution in [0.15, 0.2) is 34.0 Å². The minimum absolute atomic E-state index is 0.0210. The van der Waals surface area contributed by atoms with Crippen molar-refractivity contribution in [1.82, 2.24) is 15.2 Å². The minimum atomic E-state index is -0.963. The summed E-state index contributed by atoms with van der Waals surface area (Å²) in [7, 11) is 0. The van der Waals surface area contributed by atoms with E-state index in [1.54, 1.807) is 39.8 Å². The molecule has 0 radical (unpaired) electrons. The molecule has 2 aliphatic rings. The van der Waals surface area contributed by atoms with Gasteiger partial charge in [0.25, 0.3) is 11.8 Å². The van der Waals surface area contributed by atoms with Gasteiger partial charge in [-0.05, 0) is 33.3 Å². The summed E-state index contributed by atoms with van der Waals surface area (Å²) in [6.07, 6.45) is 8.59. The maximum Gasteiger partial charge on any atom is 0.358 e. The third-order valence-electron chi connectivity index (χ3n) is 5.12. The molecule has 12 nitrogen and oxygen atoms in total. The molecule has 3 rings (SSSR count). The maximum absolute atomic E-state index is 13.1. The van der Waals surface area contributed by atoms with Gasteiger partial charge in [-0.3, -0.25) is 19.3 Å². The lowest BCUT2D eigenvalue weighted by Crippen LogP contribution is -2.71. The number of carbonyl (C=O) groups excluding carboxylic acids is 4. The Labute approximate surface area is 227 Å². The molecule has 0 aliphatic carbocycles. The van der Waals surface area contributed by atoms with Gasteiger partial charge in [-0.2, -0.15) is 0 Å². The third kappa shape index (κ3) is 6.35. The highest BCUT2D eigenvalue weighted by molar-refractivity contribution is 8.00.